The highest BCUT2D eigenvalue weighted by Gasteiger charge is 2.23. The number of thiophene rings is 1. The van der Waals surface area contributed by atoms with Crippen LogP contribution in [0.5, 0.6) is 5.75 Å². The van der Waals surface area contributed by atoms with E-state index in [1.54, 1.807) is 42.6 Å². The molecule has 1 amide bonds. The van der Waals surface area contributed by atoms with Crippen LogP contribution in [0.15, 0.2) is 70.8 Å². The second kappa shape index (κ2) is 10.1. The Balaban J connectivity index is 1.78. The van der Waals surface area contributed by atoms with Crippen molar-refractivity contribution in [2.24, 2.45) is 0 Å². The number of benzene rings is 2. The number of hydrogen-bond acceptors (Lipinski definition) is 7. The van der Waals surface area contributed by atoms with Crippen molar-refractivity contribution in [3.05, 3.63) is 87.7 Å². The second-order valence-corrected chi connectivity index (χ2v) is 7.95. The molecule has 0 bridgehead atoms. The Bertz CT molecular complexity index is 1420. The maximum atomic E-state index is 13.4. The van der Waals surface area contributed by atoms with Gasteiger partial charge in [0.25, 0.3) is 5.56 Å². The van der Waals surface area contributed by atoms with Crippen molar-refractivity contribution in [3.63, 3.8) is 0 Å². The molecule has 34 heavy (non-hydrogen) atoms. The van der Waals surface area contributed by atoms with Crippen LogP contribution < -0.4 is 15.6 Å². The average molecular weight is 476 g/mol. The van der Waals surface area contributed by atoms with E-state index in [0.29, 0.717) is 21.8 Å². The number of carbonyl (C=O) groups excluding carboxylic acids is 2. The second-order valence-electron chi connectivity index (χ2n) is 7.07. The van der Waals surface area contributed by atoms with E-state index < -0.39 is 17.4 Å². The molecule has 0 spiro atoms. The zero-order valence-corrected chi connectivity index (χ0v) is 19.3. The van der Waals surface area contributed by atoms with Gasteiger partial charge in [-0.3, -0.25) is 9.59 Å². The zero-order valence-electron chi connectivity index (χ0n) is 18.5. The van der Waals surface area contributed by atoms with Crippen LogP contribution in [0.2, 0.25) is 0 Å². The molecule has 0 aliphatic carbocycles. The molecule has 0 saturated heterocycles. The normalized spacial score (nSPS) is 11.0. The monoisotopic (exact) mass is 475 g/mol. The van der Waals surface area contributed by atoms with Crippen molar-refractivity contribution in [1.29, 1.82) is 0 Å². The summed E-state index contributed by atoms with van der Waals surface area (Å²) in [5.74, 6) is -0.455. The molecule has 1 N–H and O–H groups in total. The Morgan fingerprint density at radius 2 is 1.85 bits per heavy atom. The minimum Gasteiger partial charge on any atom is -0.497 e. The van der Waals surface area contributed by atoms with E-state index >= 15 is 0 Å². The first-order chi connectivity index (χ1) is 16.5. The molecule has 0 fully saturated rings. The Morgan fingerprint density at radius 3 is 2.53 bits per heavy atom. The van der Waals surface area contributed by atoms with E-state index in [2.05, 4.69) is 10.4 Å². The quantitative estimate of drug-likeness (QED) is 0.316. The third kappa shape index (κ3) is 4.74. The lowest BCUT2D eigenvalue weighted by Gasteiger charge is -2.10. The third-order valence-electron chi connectivity index (χ3n) is 4.90. The number of fused-ring (bicyclic) bond motifs is 1. The maximum absolute atomic E-state index is 13.4. The molecule has 0 radical (unpaired) electrons. The molecule has 0 aliphatic rings. The van der Waals surface area contributed by atoms with Gasteiger partial charge in [0.15, 0.2) is 5.69 Å². The molecule has 4 aromatic rings. The van der Waals surface area contributed by atoms with E-state index in [1.807, 2.05) is 30.3 Å². The van der Waals surface area contributed by atoms with Crippen molar-refractivity contribution < 1.29 is 19.1 Å². The number of ether oxygens (including phenoxy) is 2. The van der Waals surface area contributed by atoms with Gasteiger partial charge in [0.2, 0.25) is 5.91 Å². The average Bonchev–Trinajstić information content (AvgIpc) is 3.28. The molecule has 0 aliphatic heterocycles. The summed E-state index contributed by atoms with van der Waals surface area (Å²) in [5, 5.41) is 9.47. The van der Waals surface area contributed by atoms with Gasteiger partial charge >= 0.3 is 5.97 Å². The summed E-state index contributed by atoms with van der Waals surface area (Å²) >= 11 is 1.14. The largest absolute Gasteiger partial charge is 0.497 e. The van der Waals surface area contributed by atoms with Crippen LogP contribution in [0.25, 0.3) is 22.5 Å². The predicted molar refractivity (Wildman–Crippen MR) is 132 cm³/mol. The van der Waals surface area contributed by atoms with Gasteiger partial charge in [-0.25, -0.2) is 4.79 Å². The van der Waals surface area contributed by atoms with Crippen LogP contribution in [0.1, 0.15) is 23.0 Å². The topological polar surface area (TPSA) is 99.5 Å². The molecule has 0 unspecified atom stereocenters. The minimum atomic E-state index is -0.658. The number of rotatable bonds is 7. The number of aromatic nitrogens is 2. The third-order valence-corrected chi connectivity index (χ3v) is 5.80. The summed E-state index contributed by atoms with van der Waals surface area (Å²) in [6, 6.07) is 16.0. The summed E-state index contributed by atoms with van der Waals surface area (Å²) in [5.41, 5.74) is 0.815. The van der Waals surface area contributed by atoms with Gasteiger partial charge in [0, 0.05) is 16.8 Å². The van der Waals surface area contributed by atoms with Gasteiger partial charge in [-0.2, -0.15) is 9.78 Å². The summed E-state index contributed by atoms with van der Waals surface area (Å²) in [6.07, 6.45) is 3.06. The first-order valence-corrected chi connectivity index (χ1v) is 11.3. The molecule has 8 nitrogen and oxygen atoms in total. The van der Waals surface area contributed by atoms with Crippen LogP contribution >= 0.6 is 11.3 Å². The number of amides is 1. The fourth-order valence-corrected chi connectivity index (χ4v) is 4.22. The van der Waals surface area contributed by atoms with Gasteiger partial charge < -0.3 is 14.8 Å². The van der Waals surface area contributed by atoms with Gasteiger partial charge in [0.05, 0.1) is 24.8 Å². The van der Waals surface area contributed by atoms with E-state index in [1.165, 1.54) is 13.2 Å². The van der Waals surface area contributed by atoms with Crippen LogP contribution in [0.4, 0.5) is 5.00 Å². The minimum absolute atomic E-state index is 0.0103. The number of nitrogens with one attached hydrogen (secondary N) is 1. The lowest BCUT2D eigenvalue weighted by molar-refractivity contribution is -0.111. The molecular weight excluding hydrogens is 454 g/mol. The van der Waals surface area contributed by atoms with E-state index in [-0.39, 0.29) is 17.7 Å². The Labute approximate surface area is 199 Å². The van der Waals surface area contributed by atoms with Crippen LogP contribution in [0.3, 0.4) is 0 Å². The van der Waals surface area contributed by atoms with Crippen LogP contribution in [0, 0.1) is 0 Å². The molecule has 9 heteroatoms. The van der Waals surface area contributed by atoms with Crippen molar-refractivity contribution in [1.82, 2.24) is 9.78 Å². The molecule has 2 aromatic carbocycles. The lowest BCUT2D eigenvalue weighted by Crippen LogP contribution is -2.25. The van der Waals surface area contributed by atoms with Crippen molar-refractivity contribution in [3.8, 4) is 11.4 Å². The number of anilines is 1. The van der Waals surface area contributed by atoms with E-state index in [9.17, 15) is 14.4 Å². The standard InChI is InChI=1S/C25H21N3O5S/c1-3-33-25(31)22-19-15-34-23(26-20(29)14-9-16-7-5-4-6-8-16)21(19)24(30)28(27-22)17-10-12-18(32-2)13-11-17/h4-15H,3H2,1-2H3,(H,26,29). The Hall–Kier alpha value is -4.24. The number of methoxy groups -OCH3 is 1. The van der Waals surface area contributed by atoms with Gasteiger partial charge in [-0.15, -0.1) is 11.3 Å². The summed E-state index contributed by atoms with van der Waals surface area (Å²) in [4.78, 5) is 38.6. The fraction of sp³-hybridized carbons (Fsp3) is 0.120. The highest BCUT2D eigenvalue weighted by molar-refractivity contribution is 7.16. The smallest absolute Gasteiger partial charge is 0.359 e. The predicted octanol–water partition coefficient (Wildman–Crippen LogP) is 4.28. The van der Waals surface area contributed by atoms with Crippen molar-refractivity contribution in [2.45, 2.75) is 6.92 Å². The number of esters is 1. The summed E-state index contributed by atoms with van der Waals surface area (Å²) in [6.45, 7) is 1.84. The Morgan fingerprint density at radius 1 is 1.12 bits per heavy atom. The zero-order chi connectivity index (χ0) is 24.1. The molecule has 172 valence electrons. The van der Waals surface area contributed by atoms with Gasteiger partial charge in [-0.1, -0.05) is 30.3 Å². The maximum Gasteiger partial charge on any atom is 0.359 e. The highest BCUT2D eigenvalue weighted by Crippen LogP contribution is 2.31. The van der Waals surface area contributed by atoms with E-state index in [0.717, 1.165) is 21.6 Å². The van der Waals surface area contributed by atoms with E-state index in [4.69, 9.17) is 9.47 Å². The Kier molecular flexibility index (Phi) is 6.84. The summed E-state index contributed by atoms with van der Waals surface area (Å²) in [7, 11) is 1.54. The SMILES string of the molecule is CCOC(=O)c1nn(-c2ccc(OC)cc2)c(=O)c2c(NC(=O)C=Cc3ccccc3)scc12. The number of carbonyl (C=O) groups is 2. The first kappa shape index (κ1) is 22.9. The lowest BCUT2D eigenvalue weighted by atomic mass is 10.2. The van der Waals surface area contributed by atoms with Crippen molar-refractivity contribution in [2.75, 3.05) is 19.0 Å². The molecule has 2 heterocycles. The fourth-order valence-electron chi connectivity index (χ4n) is 3.28. The first-order valence-electron chi connectivity index (χ1n) is 10.4. The molecule has 2 aromatic heterocycles. The van der Waals surface area contributed by atoms with Crippen LogP contribution in [-0.2, 0) is 9.53 Å². The molecule has 4 rings (SSSR count). The molecular formula is C25H21N3O5S. The van der Waals surface area contributed by atoms with Crippen LogP contribution in [-0.4, -0.2) is 35.4 Å². The van der Waals surface area contributed by atoms with Gasteiger partial charge in [-0.05, 0) is 42.8 Å². The number of nitrogens with zero attached hydrogens (tertiary/aromatic N) is 2. The van der Waals surface area contributed by atoms with Gasteiger partial charge in [0.1, 0.15) is 10.8 Å². The van der Waals surface area contributed by atoms with Crippen molar-refractivity contribution >= 4 is 45.1 Å². The number of hydrogen-bond donors (Lipinski definition) is 1. The highest BCUT2D eigenvalue weighted by atomic mass is 32.1. The summed E-state index contributed by atoms with van der Waals surface area (Å²) < 4.78 is 11.4. The molecule has 0 atom stereocenters. The molecule has 0 saturated carbocycles.